The summed E-state index contributed by atoms with van der Waals surface area (Å²) < 4.78 is 2.14. The molecule has 0 spiro atoms. The zero-order valence-corrected chi connectivity index (χ0v) is 18.0. The van der Waals surface area contributed by atoms with Crippen molar-refractivity contribution in [3.63, 3.8) is 0 Å². The molecule has 1 N–H and O–H groups in total. The van der Waals surface area contributed by atoms with Crippen LogP contribution in [0.4, 0.5) is 0 Å². The van der Waals surface area contributed by atoms with E-state index in [1.807, 2.05) is 12.1 Å². The fourth-order valence-corrected chi connectivity index (χ4v) is 4.82. The van der Waals surface area contributed by atoms with Crippen LogP contribution in [0.15, 0.2) is 47.8 Å². The summed E-state index contributed by atoms with van der Waals surface area (Å²) in [5.41, 5.74) is 2.23. The summed E-state index contributed by atoms with van der Waals surface area (Å²) in [5, 5.41) is 6.38. The number of hydrogen-bond donors (Lipinski definition) is 1. The number of aromatic nitrogens is 1. The maximum Gasteiger partial charge on any atom is 0.239 e. The molecule has 1 aliphatic heterocycles. The lowest BCUT2D eigenvalue weighted by Crippen LogP contribution is -2.46. The minimum absolute atomic E-state index is 0.0833. The number of carbonyl (C=O) groups is 1. The Kier molecular flexibility index (Phi) is 6.64. The number of hydrogen-bond acceptors (Lipinski definition) is 4. The van der Waals surface area contributed by atoms with Crippen LogP contribution in [0.3, 0.4) is 0 Å². The number of carbonyl (C=O) groups excluding carboxylic acids is 1. The smallest absolute Gasteiger partial charge is 0.239 e. The molecule has 3 aromatic rings. The fourth-order valence-electron chi connectivity index (χ4n) is 4.07. The number of rotatable bonds is 8. The normalized spacial score (nSPS) is 15.8. The van der Waals surface area contributed by atoms with Gasteiger partial charge in [0.1, 0.15) is 6.54 Å². The Morgan fingerprint density at radius 1 is 1.07 bits per heavy atom. The summed E-state index contributed by atoms with van der Waals surface area (Å²) in [6.07, 6.45) is 1.00. The van der Waals surface area contributed by atoms with E-state index in [-0.39, 0.29) is 5.91 Å². The molecule has 0 aliphatic carbocycles. The molecule has 0 atom stereocenters. The first-order chi connectivity index (χ1) is 14.2. The van der Waals surface area contributed by atoms with Crippen LogP contribution in [-0.2, 0) is 11.3 Å². The molecular weight excluding hydrogens is 380 g/mol. The number of likely N-dealkylation sites (N-methyl/N-ethyl adjacent to an activating group) is 1. The van der Waals surface area contributed by atoms with E-state index >= 15 is 0 Å². The van der Waals surface area contributed by atoms with Gasteiger partial charge in [0.05, 0.1) is 10.6 Å². The molecule has 2 aromatic heterocycles. The Morgan fingerprint density at radius 2 is 1.86 bits per heavy atom. The van der Waals surface area contributed by atoms with E-state index in [4.69, 9.17) is 0 Å². The molecule has 0 saturated carbocycles. The number of nitrogens with zero attached hydrogens (tertiary/aromatic N) is 3. The molecule has 1 aliphatic rings. The summed E-state index contributed by atoms with van der Waals surface area (Å²) in [5.74, 6) is 0.0833. The molecule has 154 valence electrons. The lowest BCUT2D eigenvalue weighted by atomic mass is 10.2. The Balaban J connectivity index is 1.32. The maximum absolute atomic E-state index is 12.7. The average molecular weight is 411 g/mol. The molecular formula is C23H30N4OS. The first-order valence-electron chi connectivity index (χ1n) is 10.6. The third-order valence-corrected chi connectivity index (χ3v) is 6.66. The molecule has 1 amide bonds. The summed E-state index contributed by atoms with van der Waals surface area (Å²) in [7, 11) is 0. The van der Waals surface area contributed by atoms with Gasteiger partial charge in [-0.25, -0.2) is 0 Å². The minimum atomic E-state index is 0.0833. The highest BCUT2D eigenvalue weighted by molar-refractivity contribution is 7.13. The molecule has 3 heterocycles. The van der Waals surface area contributed by atoms with Crippen molar-refractivity contribution in [2.45, 2.75) is 19.9 Å². The first kappa shape index (κ1) is 20.1. The van der Waals surface area contributed by atoms with Gasteiger partial charge in [-0.1, -0.05) is 31.2 Å². The quantitative estimate of drug-likeness (QED) is 0.578. The van der Waals surface area contributed by atoms with Crippen LogP contribution >= 0.6 is 11.3 Å². The Bertz CT molecular complexity index is 926. The topological polar surface area (TPSA) is 40.5 Å². The molecule has 1 fully saturated rings. The zero-order valence-electron chi connectivity index (χ0n) is 17.1. The third kappa shape index (κ3) is 4.89. The summed E-state index contributed by atoms with van der Waals surface area (Å²) >= 11 is 1.71. The van der Waals surface area contributed by atoms with Gasteiger partial charge in [0, 0.05) is 43.6 Å². The van der Waals surface area contributed by atoms with Crippen LogP contribution in [-0.4, -0.2) is 66.1 Å². The largest absolute Gasteiger partial charge is 0.355 e. The van der Waals surface area contributed by atoms with Crippen molar-refractivity contribution in [3.8, 4) is 10.6 Å². The molecule has 0 unspecified atom stereocenters. The van der Waals surface area contributed by atoms with Crippen molar-refractivity contribution in [1.29, 1.82) is 0 Å². The van der Waals surface area contributed by atoms with Crippen LogP contribution in [0.5, 0.6) is 0 Å². The van der Waals surface area contributed by atoms with Crippen molar-refractivity contribution in [3.05, 3.63) is 47.8 Å². The minimum Gasteiger partial charge on any atom is -0.355 e. The lowest BCUT2D eigenvalue weighted by Gasteiger charge is -2.33. The molecule has 0 radical (unpaired) electrons. The second kappa shape index (κ2) is 9.57. The van der Waals surface area contributed by atoms with Crippen molar-refractivity contribution in [2.24, 2.45) is 0 Å². The third-order valence-electron chi connectivity index (χ3n) is 5.77. The SMILES string of the molecule is CCN1CCN(CCCNC(=O)Cn2c(-c3cccs3)cc3ccccc32)CC1. The number of amides is 1. The van der Waals surface area contributed by atoms with Gasteiger partial charge in [-0.3, -0.25) is 4.79 Å². The van der Waals surface area contributed by atoms with Gasteiger partial charge in [-0.15, -0.1) is 11.3 Å². The molecule has 29 heavy (non-hydrogen) atoms. The van der Waals surface area contributed by atoms with E-state index in [0.717, 1.165) is 63.4 Å². The van der Waals surface area contributed by atoms with Crippen molar-refractivity contribution in [1.82, 2.24) is 19.7 Å². The Hall–Kier alpha value is -2.15. The lowest BCUT2D eigenvalue weighted by molar-refractivity contribution is -0.121. The van der Waals surface area contributed by atoms with Crippen LogP contribution in [0.2, 0.25) is 0 Å². The van der Waals surface area contributed by atoms with Crippen molar-refractivity contribution >= 4 is 28.1 Å². The fraction of sp³-hybridized carbons (Fsp3) is 0.435. The van der Waals surface area contributed by atoms with E-state index < -0.39 is 0 Å². The van der Waals surface area contributed by atoms with Gasteiger partial charge in [-0.05, 0) is 43.1 Å². The monoisotopic (exact) mass is 410 g/mol. The van der Waals surface area contributed by atoms with Crippen LogP contribution in [0.1, 0.15) is 13.3 Å². The number of para-hydroxylation sites is 1. The summed E-state index contributed by atoms with van der Waals surface area (Å²) in [6.45, 7) is 10.1. The number of fused-ring (bicyclic) bond motifs is 1. The van der Waals surface area contributed by atoms with E-state index in [9.17, 15) is 4.79 Å². The van der Waals surface area contributed by atoms with Crippen molar-refractivity contribution in [2.75, 3.05) is 45.8 Å². The van der Waals surface area contributed by atoms with E-state index in [1.165, 1.54) is 10.3 Å². The molecule has 4 rings (SSSR count). The highest BCUT2D eigenvalue weighted by Crippen LogP contribution is 2.31. The van der Waals surface area contributed by atoms with E-state index in [0.29, 0.717) is 6.54 Å². The van der Waals surface area contributed by atoms with Gasteiger partial charge in [0.25, 0.3) is 0 Å². The predicted molar refractivity (Wildman–Crippen MR) is 121 cm³/mol. The molecule has 0 bridgehead atoms. The predicted octanol–water partition coefficient (Wildman–Crippen LogP) is 3.51. The number of benzene rings is 1. The molecule has 1 saturated heterocycles. The van der Waals surface area contributed by atoms with E-state index in [2.05, 4.69) is 62.3 Å². The second-order valence-corrected chi connectivity index (χ2v) is 8.58. The Labute approximate surface area is 176 Å². The number of nitrogens with one attached hydrogen (secondary N) is 1. The maximum atomic E-state index is 12.7. The van der Waals surface area contributed by atoms with Gasteiger partial charge in [0.2, 0.25) is 5.91 Å². The highest BCUT2D eigenvalue weighted by atomic mass is 32.1. The summed E-state index contributed by atoms with van der Waals surface area (Å²) in [6, 6.07) is 14.6. The van der Waals surface area contributed by atoms with Gasteiger partial charge < -0.3 is 19.7 Å². The first-order valence-corrected chi connectivity index (χ1v) is 11.5. The zero-order chi connectivity index (χ0) is 20.1. The van der Waals surface area contributed by atoms with Crippen LogP contribution < -0.4 is 5.32 Å². The van der Waals surface area contributed by atoms with Gasteiger partial charge in [0.15, 0.2) is 0 Å². The average Bonchev–Trinajstić information content (AvgIpc) is 3.40. The molecule has 6 heteroatoms. The standard InChI is InChI=1S/C23H30N4OS/c1-2-25-12-14-26(15-13-25)11-6-10-24-23(28)18-27-20-8-4-3-7-19(20)17-21(27)22-9-5-16-29-22/h3-5,7-9,16-17H,2,6,10-15,18H2,1H3,(H,24,28). The van der Waals surface area contributed by atoms with Crippen LogP contribution in [0.25, 0.3) is 21.5 Å². The summed E-state index contributed by atoms with van der Waals surface area (Å²) in [4.78, 5) is 18.9. The van der Waals surface area contributed by atoms with Crippen LogP contribution in [0, 0.1) is 0 Å². The number of thiophene rings is 1. The molecule has 1 aromatic carbocycles. The van der Waals surface area contributed by atoms with E-state index in [1.54, 1.807) is 11.3 Å². The van der Waals surface area contributed by atoms with Gasteiger partial charge in [-0.2, -0.15) is 0 Å². The highest BCUT2D eigenvalue weighted by Gasteiger charge is 2.16. The van der Waals surface area contributed by atoms with Gasteiger partial charge >= 0.3 is 0 Å². The van der Waals surface area contributed by atoms with Crippen molar-refractivity contribution < 1.29 is 4.79 Å². The Morgan fingerprint density at radius 3 is 2.62 bits per heavy atom. The molecule has 5 nitrogen and oxygen atoms in total. The second-order valence-electron chi connectivity index (χ2n) is 7.63. The number of piperazine rings is 1.